The van der Waals surface area contributed by atoms with Gasteiger partial charge < -0.3 is 14.8 Å². The van der Waals surface area contributed by atoms with Crippen molar-refractivity contribution in [3.63, 3.8) is 0 Å². The molecule has 0 radical (unpaired) electrons. The molecule has 1 aromatic carbocycles. The third-order valence-electron chi connectivity index (χ3n) is 3.91. The number of likely N-dealkylation sites (tertiary alicyclic amines) is 1. The quantitative estimate of drug-likeness (QED) is 0.942. The van der Waals surface area contributed by atoms with Gasteiger partial charge in [0.1, 0.15) is 5.69 Å². The zero-order chi connectivity index (χ0) is 15.5. The minimum atomic E-state index is -0.137. The molecule has 114 valence electrons. The van der Waals surface area contributed by atoms with Crippen LogP contribution >= 0.6 is 0 Å². The highest BCUT2D eigenvalue weighted by Crippen LogP contribution is 2.17. The molecule has 5 heteroatoms. The number of hydrogen-bond donors (Lipinski definition) is 1. The maximum absolute atomic E-state index is 12.2. The number of carbonyl (C=O) groups excluding carboxylic acids is 2. The third kappa shape index (κ3) is 3.03. The Morgan fingerprint density at radius 3 is 2.82 bits per heavy atom. The fourth-order valence-corrected chi connectivity index (χ4v) is 2.73. The van der Waals surface area contributed by atoms with Crippen molar-refractivity contribution < 1.29 is 9.59 Å². The van der Waals surface area contributed by atoms with E-state index in [9.17, 15) is 9.59 Å². The Kier molecular flexibility index (Phi) is 3.96. The highest BCUT2D eigenvalue weighted by atomic mass is 16.2. The Bertz CT molecular complexity index is 705. The van der Waals surface area contributed by atoms with Crippen molar-refractivity contribution in [2.24, 2.45) is 7.05 Å². The van der Waals surface area contributed by atoms with Gasteiger partial charge >= 0.3 is 0 Å². The van der Waals surface area contributed by atoms with Gasteiger partial charge in [0.25, 0.3) is 5.91 Å². The van der Waals surface area contributed by atoms with Gasteiger partial charge in [-0.1, -0.05) is 12.1 Å². The molecule has 1 aromatic heterocycles. The second kappa shape index (κ2) is 6.05. The number of nitrogens with one attached hydrogen (secondary N) is 1. The van der Waals surface area contributed by atoms with E-state index in [0.717, 1.165) is 24.2 Å². The van der Waals surface area contributed by atoms with Gasteiger partial charge in [-0.15, -0.1) is 0 Å². The summed E-state index contributed by atoms with van der Waals surface area (Å²) in [5, 5.41) is 2.90. The van der Waals surface area contributed by atoms with Gasteiger partial charge in [0.2, 0.25) is 5.91 Å². The molecule has 0 aliphatic carbocycles. The molecule has 1 fully saturated rings. The van der Waals surface area contributed by atoms with E-state index in [0.29, 0.717) is 18.7 Å². The number of carbonyl (C=O) groups is 2. The highest BCUT2D eigenvalue weighted by molar-refractivity contribution is 6.03. The molecule has 1 aliphatic rings. The number of nitrogens with zero attached hydrogens (tertiary/aromatic N) is 2. The second-order valence-electron chi connectivity index (χ2n) is 5.58. The first-order chi connectivity index (χ1) is 10.6. The van der Waals surface area contributed by atoms with Crippen LogP contribution in [0.15, 0.2) is 42.6 Å². The molecule has 2 heterocycles. The summed E-state index contributed by atoms with van der Waals surface area (Å²) in [5.41, 5.74) is 2.38. The van der Waals surface area contributed by atoms with Crippen LogP contribution in [-0.4, -0.2) is 27.8 Å². The van der Waals surface area contributed by atoms with Gasteiger partial charge in [-0.3, -0.25) is 9.59 Å². The average molecular weight is 297 g/mol. The summed E-state index contributed by atoms with van der Waals surface area (Å²) in [6.45, 7) is 1.42. The molecular weight excluding hydrogens is 278 g/mol. The fourth-order valence-electron chi connectivity index (χ4n) is 2.73. The molecule has 2 amide bonds. The van der Waals surface area contributed by atoms with Crippen LogP contribution in [0.5, 0.6) is 0 Å². The van der Waals surface area contributed by atoms with Crippen LogP contribution in [0, 0.1) is 0 Å². The molecule has 0 bridgehead atoms. The van der Waals surface area contributed by atoms with Crippen molar-refractivity contribution in [3.05, 3.63) is 53.9 Å². The largest absolute Gasteiger partial charge is 0.347 e. The minimum Gasteiger partial charge on any atom is -0.347 e. The monoisotopic (exact) mass is 297 g/mol. The van der Waals surface area contributed by atoms with E-state index in [1.54, 1.807) is 10.6 Å². The first-order valence-electron chi connectivity index (χ1n) is 7.43. The number of benzene rings is 1. The Balaban J connectivity index is 1.70. The van der Waals surface area contributed by atoms with Gasteiger partial charge in [0.05, 0.1) is 0 Å². The molecule has 3 rings (SSSR count). The first kappa shape index (κ1) is 14.4. The zero-order valence-corrected chi connectivity index (χ0v) is 12.6. The average Bonchev–Trinajstić information content (AvgIpc) is 3.09. The summed E-state index contributed by atoms with van der Waals surface area (Å²) in [6.07, 6.45) is 3.41. The lowest BCUT2D eigenvalue weighted by atomic mass is 10.2. The molecule has 2 aromatic rings. The number of anilines is 1. The van der Waals surface area contributed by atoms with Crippen molar-refractivity contribution in [3.8, 4) is 0 Å². The second-order valence-corrected chi connectivity index (χ2v) is 5.58. The van der Waals surface area contributed by atoms with Gasteiger partial charge in [0.15, 0.2) is 0 Å². The maximum atomic E-state index is 12.2. The predicted molar refractivity (Wildman–Crippen MR) is 84.5 cm³/mol. The van der Waals surface area contributed by atoms with Crippen LogP contribution < -0.4 is 5.32 Å². The lowest BCUT2D eigenvalue weighted by molar-refractivity contribution is -0.128. The van der Waals surface area contributed by atoms with E-state index < -0.39 is 0 Å². The Morgan fingerprint density at radius 1 is 1.27 bits per heavy atom. The first-order valence-corrected chi connectivity index (χ1v) is 7.43. The molecule has 0 saturated carbocycles. The van der Waals surface area contributed by atoms with Gasteiger partial charge in [-0.05, 0) is 36.2 Å². The van der Waals surface area contributed by atoms with E-state index in [1.165, 1.54) is 0 Å². The highest BCUT2D eigenvalue weighted by Gasteiger charge is 2.20. The number of hydrogen-bond acceptors (Lipinski definition) is 2. The van der Waals surface area contributed by atoms with Crippen molar-refractivity contribution in [2.75, 3.05) is 11.9 Å². The smallest absolute Gasteiger partial charge is 0.272 e. The molecule has 1 N–H and O–H groups in total. The maximum Gasteiger partial charge on any atom is 0.272 e. The molecule has 1 aliphatic heterocycles. The molecule has 5 nitrogen and oxygen atoms in total. The van der Waals surface area contributed by atoms with Crippen molar-refractivity contribution in [2.45, 2.75) is 19.4 Å². The molecule has 0 spiro atoms. The van der Waals surface area contributed by atoms with Crippen molar-refractivity contribution in [1.82, 2.24) is 9.47 Å². The summed E-state index contributed by atoms with van der Waals surface area (Å²) < 4.78 is 1.78. The summed E-state index contributed by atoms with van der Waals surface area (Å²) in [4.78, 5) is 25.8. The summed E-state index contributed by atoms with van der Waals surface area (Å²) in [7, 11) is 1.84. The molecular formula is C17H19N3O2. The van der Waals surface area contributed by atoms with Crippen LogP contribution in [0.25, 0.3) is 0 Å². The molecule has 0 atom stereocenters. The third-order valence-corrected chi connectivity index (χ3v) is 3.91. The Hall–Kier alpha value is -2.56. The lowest BCUT2D eigenvalue weighted by Gasteiger charge is -2.16. The molecule has 0 unspecified atom stereocenters. The van der Waals surface area contributed by atoms with Crippen LogP contribution in [0.1, 0.15) is 28.9 Å². The predicted octanol–water partition coefficient (Wildman–Crippen LogP) is 2.40. The number of rotatable bonds is 4. The van der Waals surface area contributed by atoms with Gasteiger partial charge in [0, 0.05) is 38.4 Å². The number of aryl methyl sites for hydroxylation is 1. The number of aromatic nitrogens is 1. The summed E-state index contributed by atoms with van der Waals surface area (Å²) in [6, 6.07) is 11.3. The normalized spacial score (nSPS) is 14.4. The topological polar surface area (TPSA) is 54.3 Å². The van der Waals surface area contributed by atoms with E-state index >= 15 is 0 Å². The Morgan fingerprint density at radius 2 is 2.14 bits per heavy atom. The SMILES string of the molecule is Cn1cccc1C(=O)Nc1cccc(CN2CCCC2=O)c1. The van der Waals surface area contributed by atoms with E-state index in [-0.39, 0.29) is 11.8 Å². The summed E-state index contributed by atoms with van der Waals surface area (Å²) >= 11 is 0. The standard InChI is InChI=1S/C17H19N3O2/c1-19-9-3-7-15(19)17(22)18-14-6-2-5-13(11-14)12-20-10-4-8-16(20)21/h2-3,5-7,9,11H,4,8,10,12H2,1H3,(H,18,22). The van der Waals surface area contributed by atoms with Crippen LogP contribution in [-0.2, 0) is 18.4 Å². The van der Waals surface area contributed by atoms with E-state index in [2.05, 4.69) is 5.32 Å². The van der Waals surface area contributed by atoms with Gasteiger partial charge in [-0.2, -0.15) is 0 Å². The van der Waals surface area contributed by atoms with Crippen LogP contribution in [0.2, 0.25) is 0 Å². The molecule has 1 saturated heterocycles. The van der Waals surface area contributed by atoms with Gasteiger partial charge in [-0.25, -0.2) is 0 Å². The van der Waals surface area contributed by atoms with Crippen LogP contribution in [0.4, 0.5) is 5.69 Å². The fraction of sp³-hybridized carbons (Fsp3) is 0.294. The Labute approximate surface area is 129 Å². The van der Waals surface area contributed by atoms with E-state index in [1.807, 2.05) is 48.5 Å². The minimum absolute atomic E-state index is 0.137. The lowest BCUT2D eigenvalue weighted by Crippen LogP contribution is -2.23. The van der Waals surface area contributed by atoms with Crippen molar-refractivity contribution in [1.29, 1.82) is 0 Å². The summed E-state index contributed by atoms with van der Waals surface area (Å²) in [5.74, 6) is 0.0696. The van der Waals surface area contributed by atoms with Crippen molar-refractivity contribution >= 4 is 17.5 Å². The van der Waals surface area contributed by atoms with Crippen LogP contribution in [0.3, 0.4) is 0 Å². The zero-order valence-electron chi connectivity index (χ0n) is 12.6. The van der Waals surface area contributed by atoms with E-state index in [4.69, 9.17) is 0 Å². The number of amides is 2. The molecule has 22 heavy (non-hydrogen) atoms.